The van der Waals surface area contributed by atoms with E-state index in [1.807, 2.05) is 12.1 Å². The lowest BCUT2D eigenvalue weighted by molar-refractivity contribution is 0.312. The predicted octanol–water partition coefficient (Wildman–Crippen LogP) is 3.78. The Morgan fingerprint density at radius 2 is 2.29 bits per heavy atom. The molecule has 1 aliphatic heterocycles. The molecule has 0 saturated carbocycles. The van der Waals surface area contributed by atoms with Crippen molar-refractivity contribution in [2.45, 2.75) is 32.7 Å². The third-order valence-corrected chi connectivity index (χ3v) is 4.26. The highest BCUT2D eigenvalue weighted by atomic mass is 79.9. The molecule has 1 unspecified atom stereocenters. The van der Waals surface area contributed by atoms with Crippen molar-refractivity contribution in [1.82, 2.24) is 4.90 Å². The van der Waals surface area contributed by atoms with Crippen LogP contribution in [0.4, 0.5) is 0 Å². The zero-order chi connectivity index (χ0) is 12.3. The predicted molar refractivity (Wildman–Crippen MR) is 74.1 cm³/mol. The molecular formula is C14H20BrNO. The molecule has 0 radical (unpaired) electrons. The Morgan fingerprint density at radius 3 is 3.06 bits per heavy atom. The van der Waals surface area contributed by atoms with Crippen LogP contribution in [0.25, 0.3) is 0 Å². The van der Waals surface area contributed by atoms with Gasteiger partial charge in [0.15, 0.2) is 0 Å². The van der Waals surface area contributed by atoms with Crippen molar-refractivity contribution in [3.8, 4) is 5.75 Å². The van der Waals surface area contributed by atoms with Crippen LogP contribution < -0.4 is 0 Å². The number of rotatable bonds is 4. The highest BCUT2D eigenvalue weighted by Gasteiger charge is 2.22. The van der Waals surface area contributed by atoms with Gasteiger partial charge in [0.25, 0.3) is 0 Å². The Balaban J connectivity index is 1.95. The molecule has 1 heterocycles. The second-order valence-corrected chi connectivity index (χ2v) is 5.81. The molecule has 0 spiro atoms. The molecule has 1 fully saturated rings. The van der Waals surface area contributed by atoms with E-state index in [1.54, 1.807) is 6.07 Å². The number of hydrogen-bond donors (Lipinski definition) is 1. The van der Waals surface area contributed by atoms with Gasteiger partial charge < -0.3 is 5.11 Å². The fourth-order valence-corrected chi connectivity index (χ4v) is 3.00. The van der Waals surface area contributed by atoms with Gasteiger partial charge in [0, 0.05) is 17.6 Å². The standard InChI is InChI=1S/C14H20BrNO/c1-2-3-11-6-7-16(9-11)10-12-8-13(17)4-5-14(12)15/h4-5,8,11,17H,2-3,6-7,9-10H2,1H3. The number of hydrogen-bond acceptors (Lipinski definition) is 2. The zero-order valence-corrected chi connectivity index (χ0v) is 11.9. The SMILES string of the molecule is CCCC1CCN(Cc2cc(O)ccc2Br)C1. The summed E-state index contributed by atoms with van der Waals surface area (Å²) in [5.74, 6) is 1.23. The van der Waals surface area contributed by atoms with Gasteiger partial charge in [-0.05, 0) is 49.1 Å². The Hall–Kier alpha value is -0.540. The number of phenols is 1. The minimum Gasteiger partial charge on any atom is -0.508 e. The van der Waals surface area contributed by atoms with Gasteiger partial charge in [0.2, 0.25) is 0 Å². The molecule has 3 heteroatoms. The molecule has 1 aromatic carbocycles. The fraction of sp³-hybridized carbons (Fsp3) is 0.571. The van der Waals surface area contributed by atoms with Crippen LogP contribution in [0.1, 0.15) is 31.7 Å². The summed E-state index contributed by atoms with van der Waals surface area (Å²) in [7, 11) is 0. The summed E-state index contributed by atoms with van der Waals surface area (Å²) in [5, 5.41) is 9.51. The normalized spacial score (nSPS) is 20.9. The maximum atomic E-state index is 9.51. The number of halogens is 1. The van der Waals surface area contributed by atoms with Gasteiger partial charge in [-0.3, -0.25) is 4.90 Å². The van der Waals surface area contributed by atoms with Crippen LogP contribution in [0.3, 0.4) is 0 Å². The van der Waals surface area contributed by atoms with Crippen molar-refractivity contribution < 1.29 is 5.11 Å². The highest BCUT2D eigenvalue weighted by Crippen LogP contribution is 2.27. The summed E-state index contributed by atoms with van der Waals surface area (Å²) < 4.78 is 1.09. The van der Waals surface area contributed by atoms with E-state index in [0.717, 1.165) is 16.9 Å². The van der Waals surface area contributed by atoms with Gasteiger partial charge in [-0.2, -0.15) is 0 Å². The maximum Gasteiger partial charge on any atom is 0.115 e. The minimum atomic E-state index is 0.354. The fourth-order valence-electron chi connectivity index (χ4n) is 2.62. The maximum absolute atomic E-state index is 9.51. The average molecular weight is 298 g/mol. The summed E-state index contributed by atoms with van der Waals surface area (Å²) in [6.45, 7) is 5.59. The molecular weight excluding hydrogens is 278 g/mol. The minimum absolute atomic E-state index is 0.354. The van der Waals surface area contributed by atoms with E-state index in [0.29, 0.717) is 5.75 Å². The van der Waals surface area contributed by atoms with E-state index in [1.165, 1.54) is 37.9 Å². The van der Waals surface area contributed by atoms with Crippen LogP contribution in [-0.4, -0.2) is 23.1 Å². The molecule has 0 aliphatic carbocycles. The van der Waals surface area contributed by atoms with Gasteiger partial charge in [-0.1, -0.05) is 29.3 Å². The zero-order valence-electron chi connectivity index (χ0n) is 10.3. The molecule has 0 amide bonds. The Morgan fingerprint density at radius 1 is 1.47 bits per heavy atom. The van der Waals surface area contributed by atoms with Crippen LogP contribution in [0.5, 0.6) is 5.75 Å². The van der Waals surface area contributed by atoms with Crippen molar-refractivity contribution in [2.75, 3.05) is 13.1 Å². The van der Waals surface area contributed by atoms with Gasteiger partial charge in [-0.25, -0.2) is 0 Å². The number of nitrogens with zero attached hydrogens (tertiary/aromatic N) is 1. The number of phenolic OH excluding ortho intramolecular Hbond substituents is 1. The Kier molecular flexibility index (Phi) is 4.46. The monoisotopic (exact) mass is 297 g/mol. The molecule has 94 valence electrons. The quantitative estimate of drug-likeness (QED) is 0.914. The van der Waals surface area contributed by atoms with E-state index in [-0.39, 0.29) is 0 Å². The van der Waals surface area contributed by atoms with Crippen LogP contribution in [0.2, 0.25) is 0 Å². The third-order valence-electron chi connectivity index (χ3n) is 3.49. The largest absolute Gasteiger partial charge is 0.508 e. The van der Waals surface area contributed by atoms with E-state index < -0.39 is 0 Å². The van der Waals surface area contributed by atoms with Gasteiger partial charge in [0.05, 0.1) is 0 Å². The molecule has 17 heavy (non-hydrogen) atoms. The lowest BCUT2D eigenvalue weighted by Gasteiger charge is -2.17. The molecule has 1 N–H and O–H groups in total. The van der Waals surface area contributed by atoms with Crippen LogP contribution in [-0.2, 0) is 6.54 Å². The molecule has 2 rings (SSSR count). The summed E-state index contributed by atoms with van der Waals surface area (Å²) in [6, 6.07) is 5.50. The summed E-state index contributed by atoms with van der Waals surface area (Å²) >= 11 is 3.55. The molecule has 1 aromatic rings. The summed E-state index contributed by atoms with van der Waals surface area (Å²) in [6.07, 6.45) is 3.95. The van der Waals surface area contributed by atoms with Crippen LogP contribution in [0.15, 0.2) is 22.7 Å². The number of aromatic hydroxyl groups is 1. The van der Waals surface area contributed by atoms with Gasteiger partial charge in [-0.15, -0.1) is 0 Å². The first-order chi connectivity index (χ1) is 8.19. The lowest BCUT2D eigenvalue weighted by atomic mass is 10.0. The lowest BCUT2D eigenvalue weighted by Crippen LogP contribution is -2.20. The molecule has 1 saturated heterocycles. The molecule has 0 bridgehead atoms. The molecule has 1 atom stereocenters. The van der Waals surface area contributed by atoms with Crippen LogP contribution in [0, 0.1) is 5.92 Å². The van der Waals surface area contributed by atoms with E-state index in [4.69, 9.17) is 0 Å². The number of likely N-dealkylation sites (tertiary alicyclic amines) is 1. The van der Waals surface area contributed by atoms with Gasteiger partial charge in [0.1, 0.15) is 5.75 Å². The topological polar surface area (TPSA) is 23.5 Å². The van der Waals surface area contributed by atoms with E-state index >= 15 is 0 Å². The molecule has 1 aliphatic rings. The van der Waals surface area contributed by atoms with Crippen molar-refractivity contribution in [2.24, 2.45) is 5.92 Å². The third kappa shape index (κ3) is 3.46. The smallest absolute Gasteiger partial charge is 0.115 e. The number of benzene rings is 1. The van der Waals surface area contributed by atoms with Crippen molar-refractivity contribution >= 4 is 15.9 Å². The van der Waals surface area contributed by atoms with Crippen molar-refractivity contribution in [1.29, 1.82) is 0 Å². The van der Waals surface area contributed by atoms with Crippen molar-refractivity contribution in [3.05, 3.63) is 28.2 Å². The average Bonchev–Trinajstić information content (AvgIpc) is 2.72. The van der Waals surface area contributed by atoms with E-state index in [2.05, 4.69) is 27.8 Å². The second kappa shape index (κ2) is 5.87. The first kappa shape index (κ1) is 12.9. The summed E-state index contributed by atoms with van der Waals surface area (Å²) in [4.78, 5) is 2.49. The second-order valence-electron chi connectivity index (χ2n) is 4.95. The van der Waals surface area contributed by atoms with Gasteiger partial charge >= 0.3 is 0 Å². The van der Waals surface area contributed by atoms with E-state index in [9.17, 15) is 5.11 Å². The first-order valence-corrected chi connectivity index (χ1v) is 7.18. The molecule has 0 aromatic heterocycles. The highest BCUT2D eigenvalue weighted by molar-refractivity contribution is 9.10. The summed E-state index contributed by atoms with van der Waals surface area (Å²) in [5.41, 5.74) is 1.18. The van der Waals surface area contributed by atoms with Crippen LogP contribution >= 0.6 is 15.9 Å². The first-order valence-electron chi connectivity index (χ1n) is 6.38. The Labute approximate surface area is 112 Å². The molecule has 2 nitrogen and oxygen atoms in total. The Bertz CT molecular complexity index is 380. The van der Waals surface area contributed by atoms with Crippen molar-refractivity contribution in [3.63, 3.8) is 0 Å².